The fourth-order valence-electron chi connectivity index (χ4n) is 4.21. The van der Waals surface area contributed by atoms with Crippen LogP contribution < -0.4 is 19.5 Å². The van der Waals surface area contributed by atoms with Crippen molar-refractivity contribution >= 4 is 5.91 Å². The molecule has 0 bridgehead atoms. The normalized spacial score (nSPS) is 10.7. The zero-order chi connectivity index (χ0) is 25.7. The smallest absolute Gasteiger partial charge is 0.253 e. The maximum Gasteiger partial charge on any atom is 0.253 e. The Hall–Kier alpha value is -4.26. The molecule has 6 nitrogen and oxygen atoms in total. The third kappa shape index (κ3) is 5.20. The number of ether oxygens (including phenoxy) is 3. The van der Waals surface area contributed by atoms with Crippen LogP contribution in [0.5, 0.6) is 17.2 Å². The number of hydrogen-bond donors (Lipinski definition) is 1. The minimum absolute atomic E-state index is 0.182. The van der Waals surface area contributed by atoms with Crippen molar-refractivity contribution in [1.29, 1.82) is 0 Å². The van der Waals surface area contributed by atoms with Crippen LogP contribution in [0.15, 0.2) is 72.8 Å². The number of nitrogens with one attached hydrogen (secondary N) is 1. The highest BCUT2D eigenvalue weighted by Crippen LogP contribution is 2.32. The summed E-state index contributed by atoms with van der Waals surface area (Å²) in [5.41, 5.74) is 4.77. The summed E-state index contributed by atoms with van der Waals surface area (Å²) in [6.07, 6.45) is 0.632. The minimum Gasteiger partial charge on any atom is -0.497 e. The molecule has 1 aromatic heterocycles. The highest BCUT2D eigenvalue weighted by atomic mass is 19.1. The first kappa shape index (κ1) is 24.9. The molecular formula is C29H29FN2O4. The molecule has 0 atom stereocenters. The molecule has 0 saturated carbocycles. The van der Waals surface area contributed by atoms with E-state index in [1.54, 1.807) is 33.5 Å². The van der Waals surface area contributed by atoms with E-state index in [-0.39, 0.29) is 11.7 Å². The molecule has 186 valence electrons. The van der Waals surface area contributed by atoms with Gasteiger partial charge in [-0.25, -0.2) is 4.39 Å². The number of halogens is 1. The van der Waals surface area contributed by atoms with E-state index in [1.165, 1.54) is 12.1 Å². The second kappa shape index (κ2) is 11.0. The van der Waals surface area contributed by atoms with Crippen LogP contribution in [0.2, 0.25) is 0 Å². The van der Waals surface area contributed by atoms with E-state index in [9.17, 15) is 9.18 Å². The molecule has 36 heavy (non-hydrogen) atoms. The van der Waals surface area contributed by atoms with Crippen molar-refractivity contribution in [1.82, 2.24) is 9.88 Å². The number of nitrogens with zero attached hydrogens (tertiary/aromatic N) is 1. The van der Waals surface area contributed by atoms with Crippen molar-refractivity contribution in [2.75, 3.05) is 27.9 Å². The SMILES string of the molecule is COc1cccc(-c2cc(C(=O)NCCc3ccc(OC)c(OC)c3)c(C)n2-c2ccc(F)cc2)c1. The molecule has 7 heteroatoms. The van der Waals surface area contributed by atoms with Gasteiger partial charge in [-0.3, -0.25) is 4.79 Å². The average molecular weight is 489 g/mol. The van der Waals surface area contributed by atoms with Gasteiger partial charge in [0.15, 0.2) is 11.5 Å². The van der Waals surface area contributed by atoms with Crippen molar-refractivity contribution in [3.63, 3.8) is 0 Å². The van der Waals surface area contributed by atoms with Crippen molar-refractivity contribution < 1.29 is 23.4 Å². The number of hydrogen-bond acceptors (Lipinski definition) is 4. The summed E-state index contributed by atoms with van der Waals surface area (Å²) in [6, 6.07) is 21.4. The topological polar surface area (TPSA) is 61.7 Å². The molecule has 0 unspecified atom stereocenters. The van der Waals surface area contributed by atoms with E-state index in [0.29, 0.717) is 35.8 Å². The fraction of sp³-hybridized carbons (Fsp3) is 0.207. The van der Waals surface area contributed by atoms with Crippen LogP contribution >= 0.6 is 0 Å². The molecule has 4 aromatic rings. The average Bonchev–Trinajstić information content (AvgIpc) is 3.26. The van der Waals surface area contributed by atoms with E-state index in [2.05, 4.69) is 5.32 Å². The van der Waals surface area contributed by atoms with Crippen molar-refractivity contribution in [2.45, 2.75) is 13.3 Å². The lowest BCUT2D eigenvalue weighted by Crippen LogP contribution is -2.26. The number of carbonyl (C=O) groups excluding carboxylic acids is 1. The van der Waals surface area contributed by atoms with Gasteiger partial charge in [0.1, 0.15) is 11.6 Å². The quantitative estimate of drug-likeness (QED) is 0.334. The molecule has 3 aromatic carbocycles. The number of rotatable bonds is 9. The van der Waals surface area contributed by atoms with Gasteiger partial charge < -0.3 is 24.1 Å². The summed E-state index contributed by atoms with van der Waals surface area (Å²) < 4.78 is 31.6. The number of aromatic nitrogens is 1. The van der Waals surface area contributed by atoms with Gasteiger partial charge in [0.05, 0.1) is 32.6 Å². The Morgan fingerprint density at radius 1 is 0.889 bits per heavy atom. The van der Waals surface area contributed by atoms with Crippen molar-refractivity contribution in [3.8, 4) is 34.2 Å². The molecule has 0 spiro atoms. The Morgan fingerprint density at radius 2 is 1.64 bits per heavy atom. The van der Waals surface area contributed by atoms with Crippen LogP contribution in [-0.4, -0.2) is 38.3 Å². The number of carbonyl (C=O) groups is 1. The Labute approximate surface area is 210 Å². The van der Waals surface area contributed by atoms with Crippen LogP contribution in [0.1, 0.15) is 21.6 Å². The van der Waals surface area contributed by atoms with Gasteiger partial charge in [0, 0.05) is 23.5 Å². The molecule has 0 saturated heterocycles. The van der Waals surface area contributed by atoms with Crippen LogP contribution in [-0.2, 0) is 6.42 Å². The van der Waals surface area contributed by atoms with Gasteiger partial charge in [-0.1, -0.05) is 18.2 Å². The highest BCUT2D eigenvalue weighted by Gasteiger charge is 2.20. The Bertz CT molecular complexity index is 1360. The van der Waals surface area contributed by atoms with E-state index >= 15 is 0 Å². The van der Waals surface area contributed by atoms with E-state index < -0.39 is 0 Å². The summed E-state index contributed by atoms with van der Waals surface area (Å²) in [7, 11) is 4.80. The highest BCUT2D eigenvalue weighted by molar-refractivity contribution is 5.97. The zero-order valence-electron chi connectivity index (χ0n) is 20.8. The standard InChI is InChI=1S/C29H29FN2O4/c1-19-25(29(33)31-15-14-20-8-13-27(35-3)28(16-20)36-4)18-26(21-6-5-7-24(17-21)34-2)32(19)23-11-9-22(30)10-12-23/h5-13,16-18H,14-15H2,1-4H3,(H,31,33). The molecule has 1 heterocycles. The van der Waals surface area contributed by atoms with E-state index in [1.807, 2.05) is 60.0 Å². The molecule has 1 amide bonds. The fourth-order valence-corrected chi connectivity index (χ4v) is 4.21. The van der Waals surface area contributed by atoms with Gasteiger partial charge in [-0.15, -0.1) is 0 Å². The Balaban J connectivity index is 1.61. The summed E-state index contributed by atoms with van der Waals surface area (Å²) in [6.45, 7) is 2.33. The molecule has 0 fully saturated rings. The predicted octanol–water partition coefficient (Wildman–Crippen LogP) is 5.59. The summed E-state index contributed by atoms with van der Waals surface area (Å²) in [5.74, 6) is 1.51. The lowest BCUT2D eigenvalue weighted by atomic mass is 10.1. The molecule has 1 N–H and O–H groups in total. The lowest BCUT2D eigenvalue weighted by Gasteiger charge is -2.13. The maximum absolute atomic E-state index is 13.6. The predicted molar refractivity (Wildman–Crippen MR) is 138 cm³/mol. The molecule has 0 radical (unpaired) electrons. The first-order valence-electron chi connectivity index (χ1n) is 11.6. The molecule has 0 aliphatic carbocycles. The lowest BCUT2D eigenvalue weighted by molar-refractivity contribution is 0.0953. The Morgan fingerprint density at radius 3 is 2.33 bits per heavy atom. The van der Waals surface area contributed by atoms with Gasteiger partial charge in [0.2, 0.25) is 0 Å². The van der Waals surface area contributed by atoms with Crippen LogP contribution in [0.4, 0.5) is 4.39 Å². The monoisotopic (exact) mass is 488 g/mol. The summed E-state index contributed by atoms with van der Waals surface area (Å²) in [5, 5.41) is 3.02. The van der Waals surface area contributed by atoms with Gasteiger partial charge in [0.25, 0.3) is 5.91 Å². The minimum atomic E-state index is -0.320. The first-order valence-corrected chi connectivity index (χ1v) is 11.6. The van der Waals surface area contributed by atoms with Crippen LogP contribution in [0, 0.1) is 12.7 Å². The number of methoxy groups -OCH3 is 3. The first-order chi connectivity index (χ1) is 17.4. The van der Waals surface area contributed by atoms with Crippen molar-refractivity contribution in [3.05, 3.63) is 95.4 Å². The van der Waals surface area contributed by atoms with Gasteiger partial charge in [-0.05, 0) is 73.5 Å². The second-order valence-electron chi connectivity index (χ2n) is 8.27. The summed E-state index contributed by atoms with van der Waals surface area (Å²) >= 11 is 0. The van der Waals surface area contributed by atoms with Crippen molar-refractivity contribution in [2.24, 2.45) is 0 Å². The summed E-state index contributed by atoms with van der Waals surface area (Å²) in [4.78, 5) is 13.2. The van der Waals surface area contributed by atoms with Gasteiger partial charge in [-0.2, -0.15) is 0 Å². The molecule has 0 aliphatic heterocycles. The van der Waals surface area contributed by atoms with E-state index in [4.69, 9.17) is 14.2 Å². The Kier molecular flexibility index (Phi) is 7.59. The zero-order valence-corrected chi connectivity index (χ0v) is 20.8. The maximum atomic E-state index is 13.6. The molecule has 0 aliphatic rings. The number of amides is 1. The number of benzene rings is 3. The second-order valence-corrected chi connectivity index (χ2v) is 8.27. The molecular weight excluding hydrogens is 459 g/mol. The molecule has 4 rings (SSSR count). The largest absolute Gasteiger partial charge is 0.497 e. The third-order valence-electron chi connectivity index (χ3n) is 6.09. The third-order valence-corrected chi connectivity index (χ3v) is 6.09. The van der Waals surface area contributed by atoms with E-state index in [0.717, 1.165) is 28.2 Å². The van der Waals surface area contributed by atoms with Gasteiger partial charge >= 0.3 is 0 Å². The van der Waals surface area contributed by atoms with Crippen LogP contribution in [0.25, 0.3) is 16.9 Å². The van der Waals surface area contributed by atoms with Crippen LogP contribution in [0.3, 0.4) is 0 Å².